The van der Waals surface area contributed by atoms with Crippen molar-refractivity contribution >= 4 is 5.91 Å². The largest absolute Gasteiger partial charge is 0.338 e. The van der Waals surface area contributed by atoms with Gasteiger partial charge in [0, 0.05) is 18.6 Å². The Morgan fingerprint density at radius 1 is 1.50 bits per heavy atom. The van der Waals surface area contributed by atoms with E-state index < -0.39 is 0 Å². The van der Waals surface area contributed by atoms with E-state index in [1.807, 2.05) is 0 Å². The predicted octanol–water partition coefficient (Wildman–Crippen LogP) is 1.77. The van der Waals surface area contributed by atoms with Gasteiger partial charge in [-0.2, -0.15) is 0 Å². The zero-order valence-electron chi connectivity index (χ0n) is 10.7. The molecule has 1 saturated heterocycles. The third kappa shape index (κ3) is 2.40. The second-order valence-electron chi connectivity index (χ2n) is 5.55. The first-order valence-electron chi connectivity index (χ1n) is 6.70. The van der Waals surface area contributed by atoms with Crippen LogP contribution in [-0.4, -0.2) is 35.5 Å². The molecule has 2 rings (SSSR count). The summed E-state index contributed by atoms with van der Waals surface area (Å²) in [5.74, 6) is 1.14. The summed E-state index contributed by atoms with van der Waals surface area (Å²) in [7, 11) is 0. The SMILES string of the molecule is CCCC1CC1N1CCC(NC(C)C)C1=O. The number of likely N-dealkylation sites (tertiary alicyclic amines) is 1. The van der Waals surface area contributed by atoms with Crippen molar-refractivity contribution in [3.8, 4) is 0 Å². The first kappa shape index (κ1) is 11.9. The van der Waals surface area contributed by atoms with Crippen LogP contribution in [0.3, 0.4) is 0 Å². The Morgan fingerprint density at radius 3 is 2.88 bits per heavy atom. The smallest absolute Gasteiger partial charge is 0.240 e. The maximum Gasteiger partial charge on any atom is 0.240 e. The molecule has 1 amide bonds. The van der Waals surface area contributed by atoms with Gasteiger partial charge in [-0.1, -0.05) is 27.2 Å². The minimum absolute atomic E-state index is 0.0860. The van der Waals surface area contributed by atoms with Crippen LogP contribution in [0.4, 0.5) is 0 Å². The third-order valence-corrected chi connectivity index (χ3v) is 3.72. The molecule has 0 spiro atoms. The van der Waals surface area contributed by atoms with Crippen molar-refractivity contribution in [1.82, 2.24) is 10.2 Å². The molecule has 16 heavy (non-hydrogen) atoms. The molecule has 0 aromatic carbocycles. The van der Waals surface area contributed by atoms with Crippen molar-refractivity contribution in [3.63, 3.8) is 0 Å². The molecule has 3 atom stereocenters. The molecule has 1 heterocycles. The highest BCUT2D eigenvalue weighted by Gasteiger charge is 2.46. The monoisotopic (exact) mass is 224 g/mol. The summed E-state index contributed by atoms with van der Waals surface area (Å²) in [4.78, 5) is 14.3. The van der Waals surface area contributed by atoms with Crippen LogP contribution in [0.1, 0.15) is 46.5 Å². The fraction of sp³-hybridized carbons (Fsp3) is 0.923. The van der Waals surface area contributed by atoms with E-state index in [1.165, 1.54) is 19.3 Å². The normalized spacial score (nSPS) is 33.9. The summed E-state index contributed by atoms with van der Waals surface area (Å²) >= 11 is 0. The summed E-state index contributed by atoms with van der Waals surface area (Å²) in [6.07, 6.45) is 4.77. The number of hydrogen-bond acceptors (Lipinski definition) is 2. The van der Waals surface area contributed by atoms with Gasteiger partial charge in [0.25, 0.3) is 0 Å². The van der Waals surface area contributed by atoms with E-state index in [-0.39, 0.29) is 6.04 Å². The second kappa shape index (κ2) is 4.74. The number of carbonyl (C=O) groups excluding carboxylic acids is 1. The number of nitrogens with one attached hydrogen (secondary N) is 1. The van der Waals surface area contributed by atoms with Gasteiger partial charge >= 0.3 is 0 Å². The van der Waals surface area contributed by atoms with E-state index in [4.69, 9.17) is 0 Å². The predicted molar refractivity (Wildman–Crippen MR) is 65.2 cm³/mol. The van der Waals surface area contributed by atoms with Crippen LogP contribution in [0.25, 0.3) is 0 Å². The molecule has 0 aromatic rings. The number of hydrogen-bond donors (Lipinski definition) is 1. The molecule has 92 valence electrons. The first-order valence-corrected chi connectivity index (χ1v) is 6.70. The summed E-state index contributed by atoms with van der Waals surface area (Å²) in [6, 6.07) is 1.06. The average Bonchev–Trinajstić information content (AvgIpc) is 2.87. The molecule has 3 unspecified atom stereocenters. The van der Waals surface area contributed by atoms with E-state index in [0.29, 0.717) is 18.0 Å². The van der Waals surface area contributed by atoms with Crippen molar-refractivity contribution in [2.45, 2.75) is 64.6 Å². The first-order chi connectivity index (χ1) is 7.63. The molecule has 1 N–H and O–H groups in total. The van der Waals surface area contributed by atoms with Crippen molar-refractivity contribution in [2.24, 2.45) is 5.92 Å². The van der Waals surface area contributed by atoms with E-state index in [2.05, 4.69) is 31.0 Å². The van der Waals surface area contributed by atoms with Gasteiger partial charge in [0.15, 0.2) is 0 Å². The summed E-state index contributed by atoms with van der Waals surface area (Å²) in [6.45, 7) is 7.40. The quantitative estimate of drug-likeness (QED) is 0.772. The van der Waals surface area contributed by atoms with Gasteiger partial charge in [-0.3, -0.25) is 4.79 Å². The molecular weight excluding hydrogens is 200 g/mol. The molecule has 1 aliphatic heterocycles. The van der Waals surface area contributed by atoms with E-state index in [1.54, 1.807) is 0 Å². The molecule has 2 fully saturated rings. The Balaban J connectivity index is 1.84. The van der Waals surface area contributed by atoms with Crippen LogP contribution in [0.2, 0.25) is 0 Å². The molecule has 1 saturated carbocycles. The van der Waals surface area contributed by atoms with E-state index in [0.717, 1.165) is 18.9 Å². The molecule has 2 aliphatic rings. The number of nitrogens with zero attached hydrogens (tertiary/aromatic N) is 1. The highest BCUT2D eigenvalue weighted by molar-refractivity contribution is 5.84. The molecule has 0 aromatic heterocycles. The van der Waals surface area contributed by atoms with Crippen molar-refractivity contribution < 1.29 is 4.79 Å². The van der Waals surface area contributed by atoms with Crippen LogP contribution >= 0.6 is 0 Å². The number of carbonyl (C=O) groups is 1. The zero-order valence-corrected chi connectivity index (χ0v) is 10.7. The van der Waals surface area contributed by atoms with Crippen LogP contribution in [-0.2, 0) is 4.79 Å². The lowest BCUT2D eigenvalue weighted by Gasteiger charge is -2.18. The maximum absolute atomic E-state index is 12.1. The molecule has 0 radical (unpaired) electrons. The highest BCUT2D eigenvalue weighted by atomic mass is 16.2. The van der Waals surface area contributed by atoms with Crippen molar-refractivity contribution in [2.75, 3.05) is 6.54 Å². The van der Waals surface area contributed by atoms with Crippen LogP contribution in [0.5, 0.6) is 0 Å². The molecule has 0 bridgehead atoms. The van der Waals surface area contributed by atoms with Gasteiger partial charge in [-0.15, -0.1) is 0 Å². The Kier molecular flexibility index (Phi) is 3.53. The molecule has 3 heteroatoms. The van der Waals surface area contributed by atoms with Gasteiger partial charge in [0.05, 0.1) is 6.04 Å². The summed E-state index contributed by atoms with van der Waals surface area (Å²) < 4.78 is 0. The lowest BCUT2D eigenvalue weighted by molar-refractivity contribution is -0.130. The van der Waals surface area contributed by atoms with Crippen LogP contribution in [0.15, 0.2) is 0 Å². The lowest BCUT2D eigenvalue weighted by Crippen LogP contribution is -2.42. The minimum atomic E-state index is 0.0860. The van der Waals surface area contributed by atoms with E-state index >= 15 is 0 Å². The van der Waals surface area contributed by atoms with Gasteiger partial charge in [0.2, 0.25) is 5.91 Å². The minimum Gasteiger partial charge on any atom is -0.338 e. The standard InChI is InChI=1S/C13H24N2O/c1-4-5-10-8-12(10)15-7-6-11(13(15)16)14-9(2)3/h9-12,14H,4-8H2,1-3H3. The molecule has 1 aliphatic carbocycles. The Labute approximate surface area is 98.6 Å². The van der Waals surface area contributed by atoms with Gasteiger partial charge in [-0.05, 0) is 25.2 Å². The van der Waals surface area contributed by atoms with Crippen molar-refractivity contribution in [3.05, 3.63) is 0 Å². The summed E-state index contributed by atoms with van der Waals surface area (Å²) in [5, 5.41) is 3.36. The average molecular weight is 224 g/mol. The Hall–Kier alpha value is -0.570. The summed E-state index contributed by atoms with van der Waals surface area (Å²) in [5.41, 5.74) is 0. The Morgan fingerprint density at radius 2 is 2.25 bits per heavy atom. The third-order valence-electron chi connectivity index (χ3n) is 3.72. The second-order valence-corrected chi connectivity index (χ2v) is 5.55. The number of amides is 1. The molecule has 3 nitrogen and oxygen atoms in total. The van der Waals surface area contributed by atoms with Crippen LogP contribution in [0, 0.1) is 5.92 Å². The van der Waals surface area contributed by atoms with E-state index in [9.17, 15) is 4.79 Å². The number of rotatable bonds is 5. The van der Waals surface area contributed by atoms with Gasteiger partial charge in [-0.25, -0.2) is 0 Å². The Bertz CT molecular complexity index is 265. The van der Waals surface area contributed by atoms with Gasteiger partial charge < -0.3 is 10.2 Å². The van der Waals surface area contributed by atoms with Gasteiger partial charge in [0.1, 0.15) is 0 Å². The zero-order chi connectivity index (χ0) is 11.7. The highest BCUT2D eigenvalue weighted by Crippen LogP contribution is 2.41. The molecular formula is C13H24N2O. The van der Waals surface area contributed by atoms with Crippen LogP contribution < -0.4 is 5.32 Å². The lowest BCUT2D eigenvalue weighted by atomic mass is 10.2. The van der Waals surface area contributed by atoms with Crippen molar-refractivity contribution in [1.29, 1.82) is 0 Å². The fourth-order valence-corrected chi connectivity index (χ4v) is 2.88. The maximum atomic E-state index is 12.1. The topological polar surface area (TPSA) is 32.3 Å². The fourth-order valence-electron chi connectivity index (χ4n) is 2.88.